The first-order valence-corrected chi connectivity index (χ1v) is 6.06. The van der Waals surface area contributed by atoms with Crippen molar-refractivity contribution in [3.8, 4) is 0 Å². The van der Waals surface area contributed by atoms with E-state index < -0.39 is 17.4 Å². The van der Waals surface area contributed by atoms with Crippen LogP contribution in [0.3, 0.4) is 0 Å². The summed E-state index contributed by atoms with van der Waals surface area (Å²) < 4.78 is 0. The molecule has 0 aliphatic carbocycles. The molecule has 0 saturated heterocycles. The summed E-state index contributed by atoms with van der Waals surface area (Å²) in [5.74, 6) is -1.69. The van der Waals surface area contributed by atoms with Gasteiger partial charge in [-0.15, -0.1) is 0 Å². The Morgan fingerprint density at radius 2 is 1.25 bits per heavy atom. The van der Waals surface area contributed by atoms with E-state index in [2.05, 4.69) is 5.32 Å². The molecule has 0 fully saturated rings. The summed E-state index contributed by atoms with van der Waals surface area (Å²) in [4.78, 5) is 23.9. The topological polar surface area (TPSA) is 98.2 Å². The summed E-state index contributed by atoms with van der Waals surface area (Å²) in [6.45, 7) is 0. The Morgan fingerprint density at radius 1 is 0.800 bits per heavy atom. The highest BCUT2D eigenvalue weighted by Crippen LogP contribution is 2.26. The lowest BCUT2D eigenvalue weighted by atomic mass is 9.88. The summed E-state index contributed by atoms with van der Waals surface area (Å²) in [7, 11) is 0. The second-order valence-corrected chi connectivity index (χ2v) is 4.34. The van der Waals surface area contributed by atoms with Gasteiger partial charge in [-0.1, -0.05) is 48.5 Å². The molecule has 0 bridgehead atoms. The van der Waals surface area contributed by atoms with Crippen LogP contribution < -0.4 is 16.8 Å². The maximum atomic E-state index is 11.9. The largest absolute Gasteiger partial charge is 0.367 e. The van der Waals surface area contributed by atoms with E-state index in [-0.39, 0.29) is 0 Å². The molecule has 2 aromatic carbocycles. The number of anilines is 1. The Bertz CT molecular complexity index is 598. The van der Waals surface area contributed by atoms with Crippen LogP contribution in [0.25, 0.3) is 0 Å². The van der Waals surface area contributed by atoms with Gasteiger partial charge in [-0.05, 0) is 17.7 Å². The summed E-state index contributed by atoms with van der Waals surface area (Å²) in [5, 5.41) is 2.86. The number of nitrogens with one attached hydrogen (secondary N) is 1. The van der Waals surface area contributed by atoms with Crippen LogP contribution in [-0.2, 0) is 15.1 Å². The van der Waals surface area contributed by atoms with E-state index in [9.17, 15) is 9.59 Å². The summed E-state index contributed by atoms with van der Waals surface area (Å²) in [5.41, 5.74) is 10.1. The maximum absolute atomic E-state index is 11.9. The zero-order valence-electron chi connectivity index (χ0n) is 10.7. The Hall–Kier alpha value is -2.82. The van der Waals surface area contributed by atoms with Crippen LogP contribution in [0.5, 0.6) is 0 Å². The van der Waals surface area contributed by atoms with Crippen molar-refractivity contribution in [2.24, 2.45) is 11.5 Å². The SMILES string of the molecule is NC(=O)C(Nc1ccccc1)(C(N)=O)c1ccccc1. The third-order valence-corrected chi connectivity index (χ3v) is 3.05. The third kappa shape index (κ3) is 2.33. The van der Waals surface area contributed by atoms with Crippen molar-refractivity contribution < 1.29 is 9.59 Å². The predicted molar refractivity (Wildman–Crippen MR) is 76.6 cm³/mol. The average Bonchev–Trinajstić information content (AvgIpc) is 2.46. The average molecular weight is 269 g/mol. The first kappa shape index (κ1) is 13.6. The van der Waals surface area contributed by atoms with E-state index in [0.717, 1.165) is 0 Å². The van der Waals surface area contributed by atoms with Crippen molar-refractivity contribution >= 4 is 17.5 Å². The molecule has 0 aromatic heterocycles. The van der Waals surface area contributed by atoms with Gasteiger partial charge in [0.25, 0.3) is 11.8 Å². The molecular weight excluding hydrogens is 254 g/mol. The quantitative estimate of drug-likeness (QED) is 0.705. The zero-order chi connectivity index (χ0) is 14.6. The lowest BCUT2D eigenvalue weighted by Crippen LogP contribution is -2.56. The van der Waals surface area contributed by atoms with Gasteiger partial charge in [0.2, 0.25) is 5.54 Å². The highest BCUT2D eigenvalue weighted by atomic mass is 16.2. The number of nitrogens with two attached hydrogens (primary N) is 2. The number of carbonyl (C=O) groups excluding carboxylic acids is 2. The molecule has 5 nitrogen and oxygen atoms in total. The first-order chi connectivity index (χ1) is 9.57. The molecule has 5 N–H and O–H groups in total. The number of amides is 2. The molecule has 0 unspecified atom stereocenters. The van der Waals surface area contributed by atoms with E-state index in [4.69, 9.17) is 11.5 Å². The van der Waals surface area contributed by atoms with Crippen LogP contribution in [0.4, 0.5) is 5.69 Å². The van der Waals surface area contributed by atoms with Crippen molar-refractivity contribution in [2.45, 2.75) is 5.54 Å². The number of rotatable bonds is 5. The van der Waals surface area contributed by atoms with Crippen molar-refractivity contribution in [2.75, 3.05) is 5.32 Å². The normalized spacial score (nSPS) is 10.8. The first-order valence-electron chi connectivity index (χ1n) is 6.06. The number of hydrogen-bond acceptors (Lipinski definition) is 3. The predicted octanol–water partition coefficient (Wildman–Crippen LogP) is 0.965. The second-order valence-electron chi connectivity index (χ2n) is 4.34. The van der Waals surface area contributed by atoms with Gasteiger partial charge in [-0.25, -0.2) is 0 Å². The number of benzene rings is 2. The summed E-state index contributed by atoms with van der Waals surface area (Å²) in [6.07, 6.45) is 0. The van der Waals surface area contributed by atoms with Gasteiger partial charge in [-0.3, -0.25) is 9.59 Å². The van der Waals surface area contributed by atoms with Gasteiger partial charge in [0.15, 0.2) is 0 Å². The molecule has 2 amide bonds. The van der Waals surface area contributed by atoms with Crippen LogP contribution >= 0.6 is 0 Å². The van der Waals surface area contributed by atoms with Gasteiger partial charge < -0.3 is 16.8 Å². The minimum absolute atomic E-state index is 0.406. The highest BCUT2D eigenvalue weighted by molar-refractivity contribution is 6.11. The molecule has 0 spiro atoms. The van der Waals surface area contributed by atoms with E-state index in [0.29, 0.717) is 11.3 Å². The van der Waals surface area contributed by atoms with E-state index in [1.54, 1.807) is 54.6 Å². The van der Waals surface area contributed by atoms with Crippen LogP contribution in [0.15, 0.2) is 60.7 Å². The molecule has 0 aliphatic heterocycles. The minimum Gasteiger partial charge on any atom is -0.367 e. The number of primary amides is 2. The fourth-order valence-electron chi connectivity index (χ4n) is 2.03. The van der Waals surface area contributed by atoms with Gasteiger partial charge in [-0.2, -0.15) is 0 Å². The molecule has 0 atom stereocenters. The Balaban J connectivity index is 2.55. The lowest BCUT2D eigenvalue weighted by molar-refractivity contribution is -0.132. The van der Waals surface area contributed by atoms with Crippen LogP contribution in [0.1, 0.15) is 5.56 Å². The Labute approximate surface area is 116 Å². The molecule has 2 aromatic rings. The van der Waals surface area contributed by atoms with Gasteiger partial charge in [0, 0.05) is 5.69 Å². The molecule has 2 rings (SSSR count). The third-order valence-electron chi connectivity index (χ3n) is 3.05. The number of carbonyl (C=O) groups is 2. The van der Waals surface area contributed by atoms with Gasteiger partial charge in [0.1, 0.15) is 0 Å². The molecule has 0 heterocycles. The van der Waals surface area contributed by atoms with E-state index in [1.165, 1.54) is 0 Å². The van der Waals surface area contributed by atoms with Crippen molar-refractivity contribution in [1.29, 1.82) is 0 Å². The minimum atomic E-state index is -1.78. The van der Waals surface area contributed by atoms with Crippen LogP contribution in [-0.4, -0.2) is 11.8 Å². The fourth-order valence-corrected chi connectivity index (χ4v) is 2.03. The Morgan fingerprint density at radius 3 is 1.70 bits per heavy atom. The molecule has 0 saturated carbocycles. The lowest BCUT2D eigenvalue weighted by Gasteiger charge is -2.29. The number of hydrogen-bond donors (Lipinski definition) is 3. The molecule has 20 heavy (non-hydrogen) atoms. The molecule has 102 valence electrons. The fraction of sp³-hybridized carbons (Fsp3) is 0.0667. The van der Waals surface area contributed by atoms with Crippen LogP contribution in [0, 0.1) is 0 Å². The molecular formula is C15H15N3O2. The van der Waals surface area contributed by atoms with E-state index >= 15 is 0 Å². The standard InChI is InChI=1S/C15H15N3O2/c16-13(19)15(14(17)20,11-7-3-1-4-8-11)18-12-9-5-2-6-10-12/h1-10,18H,(H2,16,19)(H2,17,20). The monoisotopic (exact) mass is 269 g/mol. The number of para-hydroxylation sites is 1. The van der Waals surface area contributed by atoms with Gasteiger partial charge in [0.05, 0.1) is 0 Å². The summed E-state index contributed by atoms with van der Waals surface area (Å²) in [6, 6.07) is 17.3. The van der Waals surface area contributed by atoms with Crippen LogP contribution in [0.2, 0.25) is 0 Å². The summed E-state index contributed by atoms with van der Waals surface area (Å²) >= 11 is 0. The van der Waals surface area contributed by atoms with Crippen molar-refractivity contribution in [3.63, 3.8) is 0 Å². The molecule has 0 aliphatic rings. The maximum Gasteiger partial charge on any atom is 0.257 e. The molecule has 0 radical (unpaired) electrons. The highest BCUT2D eigenvalue weighted by Gasteiger charge is 2.44. The smallest absolute Gasteiger partial charge is 0.257 e. The Kier molecular flexibility index (Phi) is 3.70. The second kappa shape index (κ2) is 5.44. The van der Waals surface area contributed by atoms with Crippen molar-refractivity contribution in [3.05, 3.63) is 66.2 Å². The van der Waals surface area contributed by atoms with E-state index in [1.807, 2.05) is 6.07 Å². The van der Waals surface area contributed by atoms with Crippen molar-refractivity contribution in [1.82, 2.24) is 0 Å². The zero-order valence-corrected chi connectivity index (χ0v) is 10.7. The van der Waals surface area contributed by atoms with Gasteiger partial charge >= 0.3 is 0 Å². The molecule has 5 heteroatoms.